The van der Waals surface area contributed by atoms with Crippen LogP contribution in [0.1, 0.15) is 59.7 Å². The number of rotatable bonds is 8. The van der Waals surface area contributed by atoms with Crippen molar-refractivity contribution in [3.05, 3.63) is 12.2 Å². The second-order valence-electron chi connectivity index (χ2n) is 6.26. The van der Waals surface area contributed by atoms with Crippen molar-refractivity contribution < 1.29 is 0 Å². The zero-order valence-electron chi connectivity index (χ0n) is 13.2. The highest BCUT2D eigenvalue weighted by molar-refractivity contribution is 4.87. The molecule has 0 aromatic carbocycles. The molecule has 1 unspecified atom stereocenters. The molecule has 110 valence electrons. The molecule has 0 fully saturated rings. The van der Waals surface area contributed by atoms with Gasteiger partial charge in [-0.2, -0.15) is 5.10 Å². The van der Waals surface area contributed by atoms with E-state index in [1.165, 1.54) is 12.8 Å². The normalized spacial score (nSPS) is 13.7. The lowest BCUT2D eigenvalue weighted by Gasteiger charge is -2.31. The van der Waals surface area contributed by atoms with Crippen molar-refractivity contribution in [1.29, 1.82) is 0 Å². The Kier molecular flexibility index (Phi) is 6.49. The van der Waals surface area contributed by atoms with Crippen LogP contribution in [0.3, 0.4) is 0 Å². The predicted molar refractivity (Wildman–Crippen MR) is 80.2 cm³/mol. The molecular weight excluding hydrogens is 236 g/mol. The number of aromatic nitrogens is 3. The van der Waals surface area contributed by atoms with Crippen LogP contribution in [0.4, 0.5) is 0 Å². The molecule has 4 heteroatoms. The average molecular weight is 266 g/mol. The summed E-state index contributed by atoms with van der Waals surface area (Å²) in [4.78, 5) is 4.34. The standard InChI is InChI=1S/C15H30N4/c1-6-11-16-13(15(3,4)5)9-8-10-14-17-12-18-19(14)7-2/h12-13,16H,6-11H2,1-5H3. The highest BCUT2D eigenvalue weighted by Gasteiger charge is 2.23. The Bertz CT molecular complexity index is 351. The lowest BCUT2D eigenvalue weighted by Crippen LogP contribution is -2.40. The van der Waals surface area contributed by atoms with E-state index in [0.29, 0.717) is 11.5 Å². The summed E-state index contributed by atoms with van der Waals surface area (Å²) >= 11 is 0. The first-order valence-electron chi connectivity index (χ1n) is 7.59. The van der Waals surface area contributed by atoms with Crippen molar-refractivity contribution in [3.63, 3.8) is 0 Å². The fourth-order valence-corrected chi connectivity index (χ4v) is 2.37. The molecule has 1 aromatic rings. The van der Waals surface area contributed by atoms with Gasteiger partial charge in [-0.1, -0.05) is 27.7 Å². The minimum atomic E-state index is 0.313. The molecule has 0 bridgehead atoms. The van der Waals surface area contributed by atoms with E-state index in [-0.39, 0.29) is 0 Å². The molecule has 0 aliphatic carbocycles. The molecule has 1 N–H and O–H groups in total. The van der Waals surface area contributed by atoms with Gasteiger partial charge in [0.1, 0.15) is 12.2 Å². The smallest absolute Gasteiger partial charge is 0.138 e. The van der Waals surface area contributed by atoms with Gasteiger partial charge in [-0.3, -0.25) is 4.68 Å². The molecule has 0 aliphatic heterocycles. The van der Waals surface area contributed by atoms with Crippen LogP contribution in [0.15, 0.2) is 6.33 Å². The third kappa shape index (κ3) is 5.31. The highest BCUT2D eigenvalue weighted by Crippen LogP contribution is 2.23. The molecule has 0 saturated carbocycles. The Morgan fingerprint density at radius 3 is 2.63 bits per heavy atom. The summed E-state index contributed by atoms with van der Waals surface area (Å²) < 4.78 is 1.99. The first-order valence-corrected chi connectivity index (χ1v) is 7.59. The van der Waals surface area contributed by atoms with Crippen molar-refractivity contribution in [2.24, 2.45) is 5.41 Å². The average Bonchev–Trinajstić information content (AvgIpc) is 2.79. The topological polar surface area (TPSA) is 42.7 Å². The number of nitrogens with zero attached hydrogens (tertiary/aromatic N) is 3. The van der Waals surface area contributed by atoms with E-state index < -0.39 is 0 Å². The number of nitrogens with one attached hydrogen (secondary N) is 1. The number of hydrogen-bond acceptors (Lipinski definition) is 3. The van der Waals surface area contributed by atoms with Crippen molar-refractivity contribution in [1.82, 2.24) is 20.1 Å². The van der Waals surface area contributed by atoms with Crippen LogP contribution >= 0.6 is 0 Å². The molecule has 19 heavy (non-hydrogen) atoms. The number of hydrogen-bond donors (Lipinski definition) is 1. The van der Waals surface area contributed by atoms with Gasteiger partial charge in [-0.15, -0.1) is 0 Å². The van der Waals surface area contributed by atoms with Crippen LogP contribution in [0.5, 0.6) is 0 Å². The highest BCUT2D eigenvalue weighted by atomic mass is 15.3. The van der Waals surface area contributed by atoms with Crippen LogP contribution in [0, 0.1) is 5.41 Å². The molecule has 0 saturated heterocycles. The van der Waals surface area contributed by atoms with Gasteiger partial charge < -0.3 is 5.32 Å². The molecule has 1 rings (SSSR count). The molecule has 0 amide bonds. The van der Waals surface area contributed by atoms with E-state index in [2.05, 4.69) is 50.0 Å². The largest absolute Gasteiger partial charge is 0.313 e. The molecule has 1 aromatic heterocycles. The van der Waals surface area contributed by atoms with E-state index in [9.17, 15) is 0 Å². The fraction of sp³-hybridized carbons (Fsp3) is 0.867. The SMILES string of the molecule is CCCNC(CCCc1ncnn1CC)C(C)(C)C. The Morgan fingerprint density at radius 1 is 1.32 bits per heavy atom. The summed E-state index contributed by atoms with van der Waals surface area (Å²) in [7, 11) is 0. The van der Waals surface area contributed by atoms with E-state index in [4.69, 9.17) is 0 Å². The van der Waals surface area contributed by atoms with Crippen molar-refractivity contribution >= 4 is 0 Å². The lowest BCUT2D eigenvalue weighted by atomic mass is 9.83. The summed E-state index contributed by atoms with van der Waals surface area (Å²) in [6, 6.07) is 0.574. The maximum Gasteiger partial charge on any atom is 0.138 e. The zero-order chi connectivity index (χ0) is 14.3. The van der Waals surface area contributed by atoms with E-state index in [0.717, 1.165) is 31.8 Å². The van der Waals surface area contributed by atoms with Gasteiger partial charge >= 0.3 is 0 Å². The quantitative estimate of drug-likeness (QED) is 0.786. The Labute approximate surface area is 118 Å². The Balaban J connectivity index is 2.44. The minimum Gasteiger partial charge on any atom is -0.313 e. The second kappa shape index (κ2) is 7.63. The van der Waals surface area contributed by atoms with Crippen molar-refractivity contribution in [3.8, 4) is 0 Å². The lowest BCUT2D eigenvalue weighted by molar-refractivity contribution is 0.251. The fourth-order valence-electron chi connectivity index (χ4n) is 2.37. The first-order chi connectivity index (χ1) is 8.99. The molecule has 0 aliphatic rings. The third-order valence-corrected chi connectivity index (χ3v) is 3.57. The van der Waals surface area contributed by atoms with Crippen molar-refractivity contribution in [2.75, 3.05) is 6.54 Å². The maximum absolute atomic E-state index is 4.34. The third-order valence-electron chi connectivity index (χ3n) is 3.57. The number of aryl methyl sites for hydroxylation is 2. The monoisotopic (exact) mass is 266 g/mol. The summed E-state index contributed by atoms with van der Waals surface area (Å²) in [5.74, 6) is 1.12. The minimum absolute atomic E-state index is 0.313. The van der Waals surface area contributed by atoms with Gasteiger partial charge in [0.25, 0.3) is 0 Å². The Morgan fingerprint density at radius 2 is 2.05 bits per heavy atom. The molecule has 1 atom stereocenters. The first kappa shape index (κ1) is 16.2. The van der Waals surface area contributed by atoms with Gasteiger partial charge in [0, 0.05) is 19.0 Å². The van der Waals surface area contributed by atoms with Crippen LogP contribution in [-0.4, -0.2) is 27.4 Å². The van der Waals surface area contributed by atoms with Gasteiger partial charge in [-0.05, 0) is 38.1 Å². The zero-order valence-corrected chi connectivity index (χ0v) is 13.2. The molecule has 1 heterocycles. The van der Waals surface area contributed by atoms with Crippen molar-refractivity contribution in [2.45, 2.75) is 72.9 Å². The summed E-state index contributed by atoms with van der Waals surface area (Å²) in [5, 5.41) is 7.90. The summed E-state index contributed by atoms with van der Waals surface area (Å²) in [6.45, 7) is 13.3. The molecule has 0 radical (unpaired) electrons. The van der Waals surface area contributed by atoms with Crippen LogP contribution < -0.4 is 5.32 Å². The van der Waals surface area contributed by atoms with E-state index in [1.807, 2.05) is 4.68 Å². The van der Waals surface area contributed by atoms with E-state index in [1.54, 1.807) is 6.33 Å². The van der Waals surface area contributed by atoms with Gasteiger partial charge in [0.05, 0.1) is 0 Å². The van der Waals surface area contributed by atoms with Crippen LogP contribution in [0.25, 0.3) is 0 Å². The Hall–Kier alpha value is -0.900. The van der Waals surface area contributed by atoms with E-state index >= 15 is 0 Å². The van der Waals surface area contributed by atoms with Crippen LogP contribution in [0.2, 0.25) is 0 Å². The second-order valence-corrected chi connectivity index (χ2v) is 6.26. The van der Waals surface area contributed by atoms with Crippen LogP contribution in [-0.2, 0) is 13.0 Å². The van der Waals surface area contributed by atoms with Gasteiger partial charge in [-0.25, -0.2) is 4.98 Å². The molecule has 4 nitrogen and oxygen atoms in total. The summed E-state index contributed by atoms with van der Waals surface area (Å²) in [5.41, 5.74) is 0.313. The molecular formula is C15H30N4. The van der Waals surface area contributed by atoms with Gasteiger partial charge in [0.15, 0.2) is 0 Å². The molecule has 0 spiro atoms. The maximum atomic E-state index is 4.34. The van der Waals surface area contributed by atoms with Gasteiger partial charge in [0.2, 0.25) is 0 Å². The predicted octanol–water partition coefficient (Wildman–Crippen LogP) is 3.04. The summed E-state index contributed by atoms with van der Waals surface area (Å²) in [6.07, 6.45) is 6.23.